The predicted molar refractivity (Wildman–Crippen MR) is 33.8 cm³/mol. The van der Waals surface area contributed by atoms with Gasteiger partial charge in [-0.25, -0.2) is 4.79 Å². The number of aldehydes is 1. The first kappa shape index (κ1) is 8.14. The Kier molecular flexibility index (Phi) is 2.37. The first-order valence-corrected chi connectivity index (χ1v) is 2.66. The average molecular weight is 131 g/mol. The van der Waals surface area contributed by atoms with Crippen LogP contribution in [0.1, 0.15) is 20.8 Å². The van der Waals surface area contributed by atoms with Crippen molar-refractivity contribution in [2.24, 2.45) is 0 Å². The Morgan fingerprint density at radius 2 is 2.00 bits per heavy atom. The summed E-state index contributed by atoms with van der Waals surface area (Å²) in [5.74, 6) is -0.706. The van der Waals surface area contributed by atoms with E-state index in [0.29, 0.717) is 6.29 Å². The molecular weight excluding hydrogens is 120 g/mol. The number of hydrogen-bond donors (Lipinski definition) is 0. The second-order valence-corrected chi connectivity index (χ2v) is 2.66. The van der Waals surface area contributed by atoms with Crippen molar-refractivity contribution < 1.29 is 14.3 Å². The highest BCUT2D eigenvalue weighted by molar-refractivity contribution is 6.20. The van der Waals surface area contributed by atoms with Gasteiger partial charge in [-0.15, -0.1) is 0 Å². The van der Waals surface area contributed by atoms with E-state index in [1.165, 1.54) is 0 Å². The molecule has 0 aliphatic carbocycles. The number of ether oxygens (including phenoxy) is 1. The van der Waals surface area contributed by atoms with Crippen molar-refractivity contribution in [3.63, 3.8) is 0 Å². The van der Waals surface area contributed by atoms with Gasteiger partial charge in [0.25, 0.3) is 0 Å². The normalized spacial score (nSPS) is 10.6. The van der Waals surface area contributed by atoms with Crippen molar-refractivity contribution in [3.05, 3.63) is 0 Å². The minimum Gasteiger partial charge on any atom is -0.450 e. The largest absolute Gasteiger partial charge is 0.450 e. The lowest BCUT2D eigenvalue weighted by Gasteiger charge is -2.15. The molecule has 0 aliphatic heterocycles. The second kappa shape index (κ2) is 2.62. The summed E-state index contributed by atoms with van der Waals surface area (Å²) >= 11 is 0. The summed E-state index contributed by atoms with van der Waals surface area (Å²) in [6, 6.07) is 0. The fourth-order valence-electron chi connectivity index (χ4n) is 0.328. The van der Waals surface area contributed by atoms with Crippen LogP contribution < -0.4 is 0 Å². The molecule has 0 saturated carbocycles. The van der Waals surface area contributed by atoms with Crippen molar-refractivity contribution in [2.45, 2.75) is 26.4 Å². The van der Waals surface area contributed by atoms with Gasteiger partial charge in [0.1, 0.15) is 5.60 Å². The summed E-state index contributed by atoms with van der Waals surface area (Å²) < 4.78 is 4.64. The van der Waals surface area contributed by atoms with Crippen LogP contribution in [-0.4, -0.2) is 22.7 Å². The van der Waals surface area contributed by atoms with Gasteiger partial charge in [-0.1, -0.05) is 0 Å². The summed E-state index contributed by atoms with van der Waals surface area (Å²) in [5.41, 5.74) is -0.518. The van der Waals surface area contributed by atoms with E-state index in [4.69, 9.17) is 4.79 Å². The fraction of sp³-hybridized carbons (Fsp3) is 0.667. The van der Waals surface area contributed by atoms with Crippen molar-refractivity contribution >= 4 is 12.3 Å². The van der Waals surface area contributed by atoms with Gasteiger partial charge < -0.3 is 4.74 Å². The van der Waals surface area contributed by atoms with Crippen LogP contribution in [0.2, 0.25) is 0 Å². The molecule has 52 valence electrons. The van der Waals surface area contributed by atoms with E-state index in [1.807, 2.05) is 0 Å². The lowest BCUT2D eigenvalue weighted by atomic mass is 10.2. The summed E-state index contributed by atoms with van der Waals surface area (Å²) in [5, 5.41) is 0. The molecule has 0 aromatic rings. The van der Waals surface area contributed by atoms with E-state index in [1.54, 1.807) is 20.8 Å². The minimum atomic E-state index is -0.706. The van der Waals surface area contributed by atoms with Crippen LogP contribution in [0, 0.1) is 0 Å². The van der Waals surface area contributed by atoms with Crippen LogP contribution in [0.25, 0.3) is 0 Å². The van der Waals surface area contributed by atoms with Gasteiger partial charge in [-0.2, -0.15) is 0 Å². The molecule has 0 aromatic heterocycles. The van der Waals surface area contributed by atoms with Gasteiger partial charge >= 0.3 is 12.3 Å². The van der Waals surface area contributed by atoms with E-state index in [0.717, 1.165) is 0 Å². The maximum absolute atomic E-state index is 10.3. The van der Waals surface area contributed by atoms with Gasteiger partial charge in [0.15, 0.2) is 0 Å². The molecule has 0 aromatic carbocycles. The molecule has 0 rings (SSSR count). The van der Waals surface area contributed by atoms with Crippen LogP contribution in [-0.2, 0) is 9.53 Å². The molecule has 0 heterocycles. The number of rotatable bonds is 1. The fourth-order valence-corrected chi connectivity index (χ4v) is 0.328. The van der Waals surface area contributed by atoms with E-state index in [2.05, 4.69) is 4.74 Å². The molecule has 0 unspecified atom stereocenters. The molecule has 0 amide bonds. The Labute approximate surface area is 54.0 Å². The highest BCUT2D eigenvalue weighted by atomic mass is 16.6. The Morgan fingerprint density at radius 3 is 2.11 bits per heavy atom. The molecule has 9 heavy (non-hydrogen) atoms. The highest BCUT2D eigenvalue weighted by Crippen LogP contribution is 2.05. The smallest absolute Gasteiger partial charge is 0.428 e. The molecule has 0 saturated heterocycles. The number of carbonyl (C=O) groups is 1. The van der Waals surface area contributed by atoms with Gasteiger partial charge in [0.05, 0.1) is 0 Å². The SMILES string of the molecule is CC(C)(C)OC(=O)C=[OH+]. The molecule has 0 spiro atoms. The summed E-state index contributed by atoms with van der Waals surface area (Å²) in [6.07, 6.45) is 0.408. The van der Waals surface area contributed by atoms with Gasteiger partial charge in [-0.05, 0) is 20.8 Å². The zero-order chi connectivity index (χ0) is 7.49. The lowest BCUT2D eigenvalue weighted by molar-refractivity contribution is -0.146. The third-order valence-electron chi connectivity index (χ3n) is 0.512. The van der Waals surface area contributed by atoms with Crippen LogP contribution in [0.3, 0.4) is 0 Å². The molecule has 3 heteroatoms. The standard InChI is InChI=1S/C6H10O3/c1-6(2,3)9-5(8)4-7/h4H,1-3H3/p+1. The van der Waals surface area contributed by atoms with Gasteiger partial charge in [0.2, 0.25) is 0 Å². The summed E-state index contributed by atoms with van der Waals surface area (Å²) in [7, 11) is 0. The second-order valence-electron chi connectivity index (χ2n) is 2.66. The van der Waals surface area contributed by atoms with Crippen LogP contribution in [0.15, 0.2) is 0 Å². The third-order valence-corrected chi connectivity index (χ3v) is 0.512. The Morgan fingerprint density at radius 1 is 1.56 bits per heavy atom. The molecule has 0 atom stereocenters. The predicted octanol–water partition coefficient (Wildman–Crippen LogP) is 0.503. The van der Waals surface area contributed by atoms with Crippen molar-refractivity contribution in [2.75, 3.05) is 0 Å². The molecular formula is C6H11O3+. The molecule has 0 fully saturated rings. The molecule has 0 bridgehead atoms. The van der Waals surface area contributed by atoms with Crippen LogP contribution in [0.5, 0.6) is 0 Å². The lowest BCUT2D eigenvalue weighted by Crippen LogP contribution is -2.24. The summed E-state index contributed by atoms with van der Waals surface area (Å²) in [4.78, 5) is 18.4. The van der Waals surface area contributed by atoms with E-state index in [-0.39, 0.29) is 0 Å². The van der Waals surface area contributed by atoms with Gasteiger partial charge in [-0.3, -0.25) is 4.79 Å². The monoisotopic (exact) mass is 131 g/mol. The quantitative estimate of drug-likeness (QED) is 0.225. The van der Waals surface area contributed by atoms with Crippen LogP contribution in [0.4, 0.5) is 0 Å². The zero-order valence-corrected chi connectivity index (χ0v) is 5.84. The molecule has 3 nitrogen and oxygen atoms in total. The Bertz CT molecular complexity index is 121. The van der Waals surface area contributed by atoms with Crippen molar-refractivity contribution in [3.8, 4) is 0 Å². The van der Waals surface area contributed by atoms with E-state index in [9.17, 15) is 4.79 Å². The Balaban J connectivity index is 3.74. The topological polar surface area (TPSA) is 47.7 Å². The first-order chi connectivity index (χ1) is 3.95. The first-order valence-electron chi connectivity index (χ1n) is 2.66. The molecule has 0 aliphatic rings. The molecule has 0 radical (unpaired) electrons. The average Bonchev–Trinajstić information content (AvgIpc) is 1.62. The maximum Gasteiger partial charge on any atom is 0.428 e. The van der Waals surface area contributed by atoms with Crippen molar-refractivity contribution in [1.82, 2.24) is 0 Å². The maximum atomic E-state index is 10.3. The summed E-state index contributed by atoms with van der Waals surface area (Å²) in [6.45, 7) is 5.19. The highest BCUT2D eigenvalue weighted by Gasteiger charge is 2.16. The molecule has 1 N–H and O–H groups in total. The zero-order valence-electron chi connectivity index (χ0n) is 5.84. The Hall–Kier alpha value is -0.860. The number of carbonyl (C=O) groups excluding carboxylic acids is 2. The van der Waals surface area contributed by atoms with E-state index < -0.39 is 11.6 Å². The van der Waals surface area contributed by atoms with Crippen LogP contribution >= 0.6 is 0 Å². The minimum absolute atomic E-state index is 0.408. The number of hydrogen-bond acceptors (Lipinski definition) is 2. The van der Waals surface area contributed by atoms with E-state index >= 15 is 0 Å². The third kappa shape index (κ3) is 5.00. The van der Waals surface area contributed by atoms with Crippen molar-refractivity contribution in [1.29, 1.82) is 0 Å². The number of esters is 1. The van der Waals surface area contributed by atoms with Gasteiger partial charge in [0, 0.05) is 0 Å².